The van der Waals surface area contributed by atoms with Crippen LogP contribution in [-0.4, -0.2) is 24.7 Å². The number of fused-ring (bicyclic) bond motifs is 1. The summed E-state index contributed by atoms with van der Waals surface area (Å²) >= 11 is 0. The molecule has 4 rings (SSSR count). The zero-order chi connectivity index (χ0) is 14.9. The third kappa shape index (κ3) is 2.28. The van der Waals surface area contributed by atoms with Crippen molar-refractivity contribution in [3.63, 3.8) is 0 Å². The monoisotopic (exact) mass is 296 g/mol. The van der Waals surface area contributed by atoms with Gasteiger partial charge in [0, 0.05) is 17.8 Å². The maximum atomic E-state index is 5.90. The van der Waals surface area contributed by atoms with Gasteiger partial charge in [-0.25, -0.2) is 4.98 Å². The van der Waals surface area contributed by atoms with E-state index >= 15 is 0 Å². The van der Waals surface area contributed by atoms with Crippen LogP contribution in [0.25, 0.3) is 0 Å². The smallest absolute Gasteiger partial charge is 0.166 e. The molecule has 1 aromatic heterocycles. The van der Waals surface area contributed by atoms with E-state index in [1.165, 1.54) is 12.0 Å². The number of benzene rings is 1. The second-order valence-electron chi connectivity index (χ2n) is 5.86. The van der Waals surface area contributed by atoms with E-state index < -0.39 is 0 Å². The van der Waals surface area contributed by atoms with Gasteiger partial charge in [-0.1, -0.05) is 18.2 Å². The standard InChI is InChI=1S/C18H20N2O2/c1-13-5-2-9-17(19-13)20-10-4-7-15(20)14-6-3-8-16-18(14)22-12-11-21-16/h2-3,5-6,8-9,15H,4,7,10-12H2,1H3. The molecule has 0 bridgehead atoms. The van der Waals surface area contributed by atoms with E-state index in [9.17, 15) is 0 Å². The van der Waals surface area contributed by atoms with Gasteiger partial charge in [0.25, 0.3) is 0 Å². The molecule has 2 aromatic rings. The van der Waals surface area contributed by atoms with Gasteiger partial charge in [-0.05, 0) is 38.0 Å². The summed E-state index contributed by atoms with van der Waals surface area (Å²) in [5.74, 6) is 2.84. The maximum Gasteiger partial charge on any atom is 0.166 e. The lowest BCUT2D eigenvalue weighted by atomic mass is 10.0. The molecule has 0 saturated carbocycles. The van der Waals surface area contributed by atoms with Gasteiger partial charge >= 0.3 is 0 Å². The minimum absolute atomic E-state index is 0.311. The first-order chi connectivity index (χ1) is 10.8. The second-order valence-corrected chi connectivity index (χ2v) is 5.86. The number of hydrogen-bond acceptors (Lipinski definition) is 4. The number of para-hydroxylation sites is 1. The van der Waals surface area contributed by atoms with Crippen LogP contribution in [0.1, 0.15) is 30.1 Å². The van der Waals surface area contributed by atoms with Crippen molar-refractivity contribution >= 4 is 5.82 Å². The molecular formula is C18H20N2O2. The lowest BCUT2D eigenvalue weighted by molar-refractivity contribution is 0.169. The quantitative estimate of drug-likeness (QED) is 0.849. The van der Waals surface area contributed by atoms with Crippen molar-refractivity contribution in [2.24, 2.45) is 0 Å². The van der Waals surface area contributed by atoms with E-state index in [-0.39, 0.29) is 0 Å². The Morgan fingerprint density at radius 1 is 1.09 bits per heavy atom. The highest BCUT2D eigenvalue weighted by Crippen LogP contribution is 2.43. The first-order valence-corrected chi connectivity index (χ1v) is 7.92. The Hall–Kier alpha value is -2.23. The number of nitrogens with zero attached hydrogens (tertiary/aromatic N) is 2. The van der Waals surface area contributed by atoms with Crippen LogP contribution in [0.2, 0.25) is 0 Å². The summed E-state index contributed by atoms with van der Waals surface area (Å²) < 4.78 is 11.6. The van der Waals surface area contributed by atoms with Gasteiger partial charge in [0.05, 0.1) is 6.04 Å². The fourth-order valence-electron chi connectivity index (χ4n) is 3.41. The Kier molecular flexibility index (Phi) is 3.37. The molecule has 0 N–H and O–H groups in total. The molecule has 22 heavy (non-hydrogen) atoms. The Bertz CT molecular complexity index is 687. The largest absolute Gasteiger partial charge is 0.486 e. The number of anilines is 1. The summed E-state index contributed by atoms with van der Waals surface area (Å²) in [5.41, 5.74) is 2.27. The first-order valence-electron chi connectivity index (χ1n) is 7.92. The van der Waals surface area contributed by atoms with Gasteiger partial charge < -0.3 is 14.4 Å². The highest BCUT2D eigenvalue weighted by molar-refractivity contribution is 5.53. The molecule has 1 aromatic carbocycles. The van der Waals surface area contributed by atoms with Crippen LogP contribution in [0.3, 0.4) is 0 Å². The van der Waals surface area contributed by atoms with Crippen LogP contribution in [0.15, 0.2) is 36.4 Å². The second kappa shape index (κ2) is 5.52. The number of pyridine rings is 1. The topological polar surface area (TPSA) is 34.6 Å². The predicted molar refractivity (Wildman–Crippen MR) is 85.7 cm³/mol. The van der Waals surface area contributed by atoms with Crippen molar-refractivity contribution in [1.82, 2.24) is 4.98 Å². The Balaban J connectivity index is 1.72. The van der Waals surface area contributed by atoms with E-state index in [1.807, 2.05) is 19.1 Å². The highest BCUT2D eigenvalue weighted by atomic mass is 16.6. The average molecular weight is 296 g/mol. The van der Waals surface area contributed by atoms with Crippen molar-refractivity contribution in [2.45, 2.75) is 25.8 Å². The van der Waals surface area contributed by atoms with E-state index in [0.29, 0.717) is 19.3 Å². The number of aromatic nitrogens is 1. The Labute approximate surface area is 130 Å². The van der Waals surface area contributed by atoms with Crippen molar-refractivity contribution in [3.8, 4) is 11.5 Å². The highest BCUT2D eigenvalue weighted by Gasteiger charge is 2.31. The predicted octanol–water partition coefficient (Wildman–Crippen LogP) is 3.50. The van der Waals surface area contributed by atoms with Gasteiger partial charge in [-0.3, -0.25) is 0 Å². The molecule has 1 fully saturated rings. The molecule has 0 spiro atoms. The Morgan fingerprint density at radius 2 is 1.95 bits per heavy atom. The van der Waals surface area contributed by atoms with Gasteiger partial charge in [0.15, 0.2) is 11.5 Å². The molecule has 0 aliphatic carbocycles. The van der Waals surface area contributed by atoms with Crippen molar-refractivity contribution in [3.05, 3.63) is 47.7 Å². The summed E-state index contributed by atoms with van der Waals surface area (Å²) in [5, 5.41) is 0. The molecule has 1 atom stereocenters. The van der Waals surface area contributed by atoms with E-state index in [1.54, 1.807) is 0 Å². The molecule has 4 nitrogen and oxygen atoms in total. The Morgan fingerprint density at radius 3 is 2.86 bits per heavy atom. The van der Waals surface area contributed by atoms with Gasteiger partial charge in [-0.2, -0.15) is 0 Å². The zero-order valence-corrected chi connectivity index (χ0v) is 12.8. The maximum absolute atomic E-state index is 5.90. The number of hydrogen-bond donors (Lipinski definition) is 0. The van der Waals surface area contributed by atoms with Crippen LogP contribution < -0.4 is 14.4 Å². The molecule has 1 saturated heterocycles. The SMILES string of the molecule is Cc1cccc(N2CCCC2c2cccc3c2OCCO3)n1. The normalized spacial score (nSPS) is 20.2. The third-order valence-corrected chi connectivity index (χ3v) is 4.38. The lowest BCUT2D eigenvalue weighted by Crippen LogP contribution is -2.25. The van der Waals surface area contributed by atoms with Crippen LogP contribution in [0, 0.1) is 6.92 Å². The van der Waals surface area contributed by atoms with Crippen LogP contribution in [-0.2, 0) is 0 Å². The molecule has 2 aliphatic heterocycles. The molecule has 114 valence electrons. The number of rotatable bonds is 2. The lowest BCUT2D eigenvalue weighted by Gasteiger charge is -2.29. The molecule has 4 heteroatoms. The van der Waals surface area contributed by atoms with Crippen molar-refractivity contribution < 1.29 is 9.47 Å². The summed E-state index contributed by atoms with van der Waals surface area (Å²) in [6.07, 6.45) is 2.29. The average Bonchev–Trinajstić information content (AvgIpc) is 3.04. The van der Waals surface area contributed by atoms with E-state index in [2.05, 4.69) is 29.2 Å². The molecule has 0 amide bonds. The van der Waals surface area contributed by atoms with Crippen molar-refractivity contribution in [1.29, 1.82) is 0 Å². The van der Waals surface area contributed by atoms with Crippen LogP contribution in [0.4, 0.5) is 5.82 Å². The molecule has 1 unspecified atom stereocenters. The summed E-state index contributed by atoms with van der Waals surface area (Å²) in [6.45, 7) is 4.32. The van der Waals surface area contributed by atoms with Crippen molar-refractivity contribution in [2.75, 3.05) is 24.7 Å². The van der Waals surface area contributed by atoms with Crippen LogP contribution >= 0.6 is 0 Å². The summed E-state index contributed by atoms with van der Waals surface area (Å²) in [7, 11) is 0. The first kappa shape index (κ1) is 13.4. The molecule has 0 radical (unpaired) electrons. The van der Waals surface area contributed by atoms with E-state index in [4.69, 9.17) is 14.5 Å². The number of aryl methyl sites for hydroxylation is 1. The molecule has 2 aliphatic rings. The van der Waals surface area contributed by atoms with Gasteiger partial charge in [0.2, 0.25) is 0 Å². The van der Waals surface area contributed by atoms with Crippen LogP contribution in [0.5, 0.6) is 11.5 Å². The fourth-order valence-corrected chi connectivity index (χ4v) is 3.41. The third-order valence-electron chi connectivity index (χ3n) is 4.38. The minimum Gasteiger partial charge on any atom is -0.486 e. The van der Waals surface area contributed by atoms with E-state index in [0.717, 1.165) is 36.0 Å². The molecular weight excluding hydrogens is 276 g/mol. The molecule has 3 heterocycles. The zero-order valence-electron chi connectivity index (χ0n) is 12.8. The van der Waals surface area contributed by atoms with Gasteiger partial charge in [-0.15, -0.1) is 0 Å². The fraction of sp³-hybridized carbons (Fsp3) is 0.389. The number of ether oxygens (including phenoxy) is 2. The van der Waals surface area contributed by atoms with Gasteiger partial charge in [0.1, 0.15) is 19.0 Å². The summed E-state index contributed by atoms with van der Waals surface area (Å²) in [6, 6.07) is 12.7. The summed E-state index contributed by atoms with van der Waals surface area (Å²) in [4.78, 5) is 7.09. The minimum atomic E-state index is 0.311.